The first-order valence-corrected chi connectivity index (χ1v) is 7.78. The number of hydrogen-bond donors (Lipinski definition) is 3. The van der Waals surface area contributed by atoms with Gasteiger partial charge in [0.25, 0.3) is 0 Å². The highest BCUT2D eigenvalue weighted by Gasteiger charge is 2.64. The Balaban J connectivity index is 1.81. The number of rotatable bonds is 3. The number of phenolic OH excluding ortho intramolecular Hbond substituents is 1. The Morgan fingerprint density at radius 3 is 2.41 bits per heavy atom. The summed E-state index contributed by atoms with van der Waals surface area (Å²) in [6, 6.07) is 5.36. The van der Waals surface area contributed by atoms with Gasteiger partial charge in [-0.25, -0.2) is 4.79 Å². The zero-order valence-electron chi connectivity index (χ0n) is 13.4. The van der Waals surface area contributed by atoms with E-state index in [-0.39, 0.29) is 16.7 Å². The maximum absolute atomic E-state index is 11.9. The number of carbonyl (C=O) groups is 1. The van der Waals surface area contributed by atoms with E-state index in [2.05, 4.69) is 5.32 Å². The molecular formula is C17H24N2O3. The summed E-state index contributed by atoms with van der Waals surface area (Å²) in [5.41, 5.74) is 7.22. The molecule has 3 rings (SSSR count). The first-order chi connectivity index (χ1) is 10.2. The van der Waals surface area contributed by atoms with Crippen molar-refractivity contribution in [2.24, 2.45) is 5.73 Å². The number of phenols is 1. The van der Waals surface area contributed by atoms with Crippen LogP contribution in [0.15, 0.2) is 18.2 Å². The van der Waals surface area contributed by atoms with Crippen molar-refractivity contribution >= 4 is 11.8 Å². The van der Waals surface area contributed by atoms with Crippen molar-refractivity contribution in [2.45, 2.75) is 63.0 Å². The molecule has 0 atom stereocenters. The highest BCUT2D eigenvalue weighted by molar-refractivity contribution is 5.87. The quantitative estimate of drug-likeness (QED) is 0.748. The number of benzene rings is 1. The Morgan fingerprint density at radius 1 is 1.27 bits per heavy atom. The van der Waals surface area contributed by atoms with Gasteiger partial charge in [-0.1, -0.05) is 6.07 Å². The fraction of sp³-hybridized carbons (Fsp3) is 0.588. The van der Waals surface area contributed by atoms with Crippen LogP contribution in [0.4, 0.5) is 10.5 Å². The van der Waals surface area contributed by atoms with Gasteiger partial charge >= 0.3 is 6.09 Å². The van der Waals surface area contributed by atoms with Crippen molar-refractivity contribution < 1.29 is 14.6 Å². The normalized spacial score (nSPS) is 21.1. The third kappa shape index (κ3) is 2.65. The van der Waals surface area contributed by atoms with Crippen molar-refractivity contribution in [3.05, 3.63) is 23.8 Å². The maximum Gasteiger partial charge on any atom is 0.412 e. The number of nitrogens with one attached hydrogen (secondary N) is 1. The van der Waals surface area contributed by atoms with Gasteiger partial charge in [-0.15, -0.1) is 0 Å². The van der Waals surface area contributed by atoms with E-state index in [4.69, 9.17) is 10.5 Å². The molecule has 0 aromatic heterocycles. The summed E-state index contributed by atoms with van der Waals surface area (Å²) < 4.78 is 5.23. The number of hydrogen-bond acceptors (Lipinski definition) is 4. The summed E-state index contributed by atoms with van der Waals surface area (Å²) in [5, 5.41) is 12.6. The van der Waals surface area contributed by atoms with Crippen LogP contribution in [0.25, 0.3) is 0 Å². The lowest BCUT2D eigenvalue weighted by atomic mass is 9.86. The van der Waals surface area contributed by atoms with Crippen LogP contribution in [0.2, 0.25) is 0 Å². The average molecular weight is 304 g/mol. The first kappa shape index (κ1) is 15.2. The molecule has 1 amide bonds. The first-order valence-electron chi connectivity index (χ1n) is 7.78. The van der Waals surface area contributed by atoms with Gasteiger partial charge in [0, 0.05) is 11.0 Å². The number of carbonyl (C=O) groups excluding carboxylic acids is 1. The molecule has 2 fully saturated rings. The topological polar surface area (TPSA) is 84.6 Å². The van der Waals surface area contributed by atoms with Crippen LogP contribution in [0, 0.1) is 0 Å². The van der Waals surface area contributed by atoms with E-state index in [1.165, 1.54) is 0 Å². The molecule has 0 heterocycles. The van der Waals surface area contributed by atoms with Gasteiger partial charge in [-0.05, 0) is 64.2 Å². The monoisotopic (exact) mass is 304 g/mol. The minimum atomic E-state index is -0.579. The number of amides is 1. The Morgan fingerprint density at radius 2 is 1.91 bits per heavy atom. The summed E-state index contributed by atoms with van der Waals surface area (Å²) in [5.74, 6) is 0.0345. The van der Waals surface area contributed by atoms with Crippen LogP contribution >= 0.6 is 0 Å². The lowest BCUT2D eigenvalue weighted by Gasteiger charge is -2.24. The zero-order valence-corrected chi connectivity index (χ0v) is 13.4. The van der Waals surface area contributed by atoms with Crippen molar-refractivity contribution in [1.82, 2.24) is 0 Å². The van der Waals surface area contributed by atoms with Crippen LogP contribution in [-0.2, 0) is 10.2 Å². The van der Waals surface area contributed by atoms with Crippen molar-refractivity contribution in [1.29, 1.82) is 0 Å². The SMILES string of the molecule is CC(C)(C)OC(=O)Nc1cc(C2(C3(N)CC3)CC2)ccc1O. The second-order valence-electron chi connectivity index (χ2n) is 7.60. The molecule has 5 heteroatoms. The predicted molar refractivity (Wildman–Crippen MR) is 85.0 cm³/mol. The van der Waals surface area contributed by atoms with Crippen LogP contribution in [0.1, 0.15) is 52.0 Å². The highest BCUT2D eigenvalue weighted by atomic mass is 16.6. The largest absolute Gasteiger partial charge is 0.506 e. The minimum absolute atomic E-state index is 0.0189. The van der Waals surface area contributed by atoms with E-state index < -0.39 is 11.7 Å². The maximum atomic E-state index is 11.9. The molecule has 0 bridgehead atoms. The molecule has 1 aromatic rings. The molecule has 0 saturated heterocycles. The van der Waals surface area contributed by atoms with Gasteiger partial charge in [0.2, 0.25) is 0 Å². The molecule has 2 aliphatic rings. The Labute approximate surface area is 130 Å². The molecule has 0 unspecified atom stereocenters. The smallest absolute Gasteiger partial charge is 0.412 e. The lowest BCUT2D eigenvalue weighted by Crippen LogP contribution is -2.37. The van der Waals surface area contributed by atoms with Crippen LogP contribution in [-0.4, -0.2) is 22.3 Å². The van der Waals surface area contributed by atoms with E-state index in [1.807, 2.05) is 12.1 Å². The summed E-state index contributed by atoms with van der Waals surface area (Å²) in [7, 11) is 0. The van der Waals surface area contributed by atoms with Gasteiger partial charge in [-0.3, -0.25) is 5.32 Å². The highest BCUT2D eigenvalue weighted by Crippen LogP contribution is 2.63. The molecule has 0 aliphatic heterocycles. The van der Waals surface area contributed by atoms with Gasteiger partial charge in [0.15, 0.2) is 0 Å². The third-order valence-corrected chi connectivity index (χ3v) is 4.68. The van der Waals surface area contributed by atoms with Crippen LogP contribution in [0.5, 0.6) is 5.75 Å². The number of aromatic hydroxyl groups is 1. The second kappa shape index (κ2) is 4.62. The molecule has 2 aliphatic carbocycles. The number of ether oxygens (including phenoxy) is 1. The van der Waals surface area contributed by atoms with E-state index in [0.717, 1.165) is 31.2 Å². The third-order valence-electron chi connectivity index (χ3n) is 4.68. The van der Waals surface area contributed by atoms with Gasteiger partial charge < -0.3 is 15.6 Å². The standard InChI is InChI=1S/C17H24N2O3/c1-15(2,3)22-14(21)19-12-10-11(4-5-13(12)20)16(6-7-16)17(18)8-9-17/h4-5,10,20H,6-9,18H2,1-3H3,(H,19,21). The Hall–Kier alpha value is -1.75. The predicted octanol–water partition coefficient (Wildman–Crippen LogP) is 3.26. The van der Waals surface area contributed by atoms with Crippen molar-refractivity contribution in [3.63, 3.8) is 0 Å². The Kier molecular flexibility index (Phi) is 3.18. The summed E-state index contributed by atoms with van der Waals surface area (Å²) in [6.45, 7) is 5.40. The van der Waals surface area contributed by atoms with Gasteiger partial charge in [0.1, 0.15) is 11.4 Å². The fourth-order valence-electron chi connectivity index (χ4n) is 3.16. The van der Waals surface area contributed by atoms with Crippen LogP contribution in [0.3, 0.4) is 0 Å². The summed E-state index contributed by atoms with van der Waals surface area (Å²) in [6.07, 6.45) is 3.66. The second-order valence-corrected chi connectivity index (χ2v) is 7.60. The Bertz CT molecular complexity index is 611. The molecule has 2 saturated carbocycles. The molecule has 120 valence electrons. The molecule has 1 aromatic carbocycles. The molecule has 0 spiro atoms. The van der Waals surface area contributed by atoms with E-state index in [0.29, 0.717) is 5.69 Å². The summed E-state index contributed by atoms with van der Waals surface area (Å²) in [4.78, 5) is 11.9. The zero-order chi connectivity index (χ0) is 16.2. The molecule has 0 radical (unpaired) electrons. The van der Waals surface area contributed by atoms with E-state index in [9.17, 15) is 9.90 Å². The van der Waals surface area contributed by atoms with Crippen molar-refractivity contribution in [2.75, 3.05) is 5.32 Å². The average Bonchev–Trinajstić information content (AvgIpc) is 3.25. The summed E-state index contributed by atoms with van der Waals surface area (Å²) >= 11 is 0. The number of nitrogens with two attached hydrogens (primary N) is 1. The van der Waals surface area contributed by atoms with E-state index >= 15 is 0 Å². The fourth-order valence-corrected chi connectivity index (χ4v) is 3.16. The minimum Gasteiger partial charge on any atom is -0.506 e. The van der Waals surface area contributed by atoms with Crippen molar-refractivity contribution in [3.8, 4) is 5.75 Å². The molecule has 22 heavy (non-hydrogen) atoms. The number of anilines is 1. The lowest BCUT2D eigenvalue weighted by molar-refractivity contribution is 0.0635. The molecular weight excluding hydrogens is 280 g/mol. The molecule has 4 N–H and O–H groups in total. The van der Waals surface area contributed by atoms with Gasteiger partial charge in [0.05, 0.1) is 5.69 Å². The van der Waals surface area contributed by atoms with E-state index in [1.54, 1.807) is 26.8 Å². The van der Waals surface area contributed by atoms with Gasteiger partial charge in [-0.2, -0.15) is 0 Å². The molecule has 5 nitrogen and oxygen atoms in total. The van der Waals surface area contributed by atoms with Crippen LogP contribution < -0.4 is 11.1 Å².